The van der Waals surface area contributed by atoms with Crippen LogP contribution in [0.4, 0.5) is 5.82 Å². The molecule has 0 unspecified atom stereocenters. The van der Waals surface area contributed by atoms with Crippen LogP contribution in [0.15, 0.2) is 47.1 Å². The molecule has 12 heteroatoms. The number of aromatic nitrogens is 4. The summed E-state index contributed by atoms with van der Waals surface area (Å²) in [5.74, 6) is -0.236. The number of rotatable bonds is 7. The van der Waals surface area contributed by atoms with Gasteiger partial charge in [0, 0.05) is 56.5 Å². The van der Waals surface area contributed by atoms with Gasteiger partial charge in [0.05, 0.1) is 11.4 Å². The third kappa shape index (κ3) is 4.17. The second kappa shape index (κ2) is 8.64. The quantitative estimate of drug-likeness (QED) is 0.353. The summed E-state index contributed by atoms with van der Waals surface area (Å²) in [6.45, 7) is 0.783. The molecule has 4 aromatic rings. The fraction of sp³-hybridized carbons (Fsp3) is 0.261. The van der Waals surface area contributed by atoms with Crippen molar-refractivity contribution in [2.45, 2.75) is 18.6 Å². The number of nitrogens with two attached hydrogens (primary N) is 1. The van der Waals surface area contributed by atoms with Crippen LogP contribution in [-0.2, 0) is 24.0 Å². The molecular weight excluding hydrogens is 470 g/mol. The average Bonchev–Trinajstić information content (AvgIpc) is 3.63. The maximum Gasteiger partial charge on any atom is 0.268 e. The first kappa shape index (κ1) is 22.7. The number of primary amides is 1. The minimum absolute atomic E-state index is 0.111. The number of likely N-dealkylation sites (N-methyl/N-ethyl adjacent to an activating group) is 1. The summed E-state index contributed by atoms with van der Waals surface area (Å²) in [6, 6.07) is 10.8. The van der Waals surface area contributed by atoms with Crippen molar-refractivity contribution in [3.05, 3.63) is 58.9 Å². The Balaban J connectivity index is 1.42. The number of thiazole rings is 1. The number of carbonyl (C=O) groups excluding carboxylic acids is 2. The Morgan fingerprint density at radius 1 is 1.29 bits per heavy atom. The van der Waals surface area contributed by atoms with Gasteiger partial charge in [0.1, 0.15) is 22.2 Å². The van der Waals surface area contributed by atoms with E-state index in [9.17, 15) is 14.7 Å². The highest BCUT2D eigenvalue weighted by Crippen LogP contribution is 2.36. The number of amides is 2. The fourth-order valence-electron chi connectivity index (χ4n) is 3.97. The third-order valence-electron chi connectivity index (χ3n) is 5.91. The second-order valence-electron chi connectivity index (χ2n) is 8.38. The highest BCUT2D eigenvalue weighted by molar-refractivity contribution is 7.15. The van der Waals surface area contributed by atoms with Crippen molar-refractivity contribution >= 4 is 29.0 Å². The molecule has 0 bridgehead atoms. The highest BCUT2D eigenvalue weighted by atomic mass is 32.1. The summed E-state index contributed by atoms with van der Waals surface area (Å²) in [4.78, 5) is 31.0. The van der Waals surface area contributed by atoms with E-state index in [1.165, 1.54) is 16.2 Å². The molecule has 11 nitrogen and oxygen atoms in total. The molecule has 180 valence electrons. The monoisotopic (exact) mass is 493 g/mol. The zero-order valence-electron chi connectivity index (χ0n) is 19.1. The summed E-state index contributed by atoms with van der Waals surface area (Å²) in [5.41, 5.74) is 6.02. The number of benzene rings is 1. The molecule has 1 aliphatic heterocycles. The molecule has 0 radical (unpaired) electrons. The van der Waals surface area contributed by atoms with Gasteiger partial charge in [-0.25, -0.2) is 4.98 Å². The Bertz CT molecular complexity index is 1420. The van der Waals surface area contributed by atoms with E-state index >= 15 is 0 Å². The normalized spacial score (nSPS) is 17.8. The van der Waals surface area contributed by atoms with Crippen LogP contribution in [0.1, 0.15) is 27.5 Å². The van der Waals surface area contributed by atoms with E-state index in [1.807, 2.05) is 43.6 Å². The van der Waals surface area contributed by atoms with Crippen LogP contribution in [0.2, 0.25) is 0 Å². The number of nitrogens with zero attached hydrogens (tertiary/aromatic N) is 5. The van der Waals surface area contributed by atoms with Crippen molar-refractivity contribution in [3.8, 4) is 21.8 Å². The highest BCUT2D eigenvalue weighted by Gasteiger charge is 2.48. The van der Waals surface area contributed by atoms with Crippen molar-refractivity contribution in [1.82, 2.24) is 24.8 Å². The largest absolute Gasteiger partial charge is 0.373 e. The second-order valence-corrected chi connectivity index (χ2v) is 9.46. The lowest BCUT2D eigenvalue weighted by atomic mass is 9.98. The van der Waals surface area contributed by atoms with Gasteiger partial charge in [-0.2, -0.15) is 5.10 Å². The minimum atomic E-state index is -1.71. The fourth-order valence-corrected chi connectivity index (χ4v) is 4.97. The van der Waals surface area contributed by atoms with Gasteiger partial charge < -0.3 is 25.6 Å². The molecule has 5 rings (SSSR count). The van der Waals surface area contributed by atoms with Gasteiger partial charge in [-0.1, -0.05) is 23.4 Å². The molecule has 2 amide bonds. The van der Waals surface area contributed by atoms with Crippen LogP contribution >= 0.6 is 11.3 Å². The SMILES string of the molecule is CN1CC[C@@](O)(c2cc(-c3cccc(-c4nc(C(N)=O)c(CNc5ccn(C)n5)s4)c3)no2)C1=O. The lowest BCUT2D eigenvalue weighted by Gasteiger charge is -2.16. The number of aryl methyl sites for hydroxylation is 1. The Kier molecular flexibility index (Phi) is 5.61. The van der Waals surface area contributed by atoms with Gasteiger partial charge in [0.25, 0.3) is 11.8 Å². The first-order valence-corrected chi connectivity index (χ1v) is 11.7. The van der Waals surface area contributed by atoms with E-state index in [-0.39, 0.29) is 17.9 Å². The molecule has 1 aliphatic rings. The van der Waals surface area contributed by atoms with Gasteiger partial charge in [-0.3, -0.25) is 14.3 Å². The smallest absolute Gasteiger partial charge is 0.268 e. The Morgan fingerprint density at radius 3 is 2.77 bits per heavy atom. The summed E-state index contributed by atoms with van der Waals surface area (Å²) < 4.78 is 7.04. The third-order valence-corrected chi connectivity index (χ3v) is 7.01. The van der Waals surface area contributed by atoms with Crippen LogP contribution in [0.5, 0.6) is 0 Å². The van der Waals surface area contributed by atoms with E-state index < -0.39 is 17.4 Å². The van der Waals surface area contributed by atoms with Gasteiger partial charge in [0.15, 0.2) is 5.76 Å². The standard InChI is InChI=1S/C23H23N7O4S/c1-29-9-7-23(33,22(29)32)17-11-15(28-34-17)13-4-3-5-14(10-13)21-26-19(20(24)31)16(35-21)12-25-18-6-8-30(2)27-18/h3-6,8,10-11,33H,7,9,12H2,1-2H3,(H2,24,31)(H,25,27)/t23-/m1/s1. The molecule has 0 spiro atoms. The maximum absolute atomic E-state index is 12.4. The Morgan fingerprint density at radius 2 is 2.09 bits per heavy atom. The van der Waals surface area contributed by atoms with E-state index in [0.29, 0.717) is 40.0 Å². The van der Waals surface area contributed by atoms with E-state index in [1.54, 1.807) is 17.8 Å². The number of aliphatic hydroxyl groups is 1. The predicted molar refractivity (Wildman–Crippen MR) is 128 cm³/mol. The Hall–Kier alpha value is -4.03. The van der Waals surface area contributed by atoms with Crippen molar-refractivity contribution in [1.29, 1.82) is 0 Å². The first-order chi connectivity index (χ1) is 16.7. The van der Waals surface area contributed by atoms with Crippen molar-refractivity contribution in [3.63, 3.8) is 0 Å². The number of likely N-dealkylation sites (tertiary alicyclic amines) is 1. The van der Waals surface area contributed by atoms with Crippen molar-refractivity contribution < 1.29 is 19.2 Å². The number of nitrogens with one attached hydrogen (secondary N) is 1. The number of anilines is 1. The lowest BCUT2D eigenvalue weighted by molar-refractivity contribution is -0.144. The molecule has 35 heavy (non-hydrogen) atoms. The van der Waals surface area contributed by atoms with Gasteiger partial charge in [0.2, 0.25) is 5.60 Å². The van der Waals surface area contributed by atoms with E-state index in [4.69, 9.17) is 10.3 Å². The van der Waals surface area contributed by atoms with Crippen LogP contribution in [-0.4, -0.2) is 55.3 Å². The predicted octanol–water partition coefficient (Wildman–Crippen LogP) is 1.96. The minimum Gasteiger partial charge on any atom is -0.373 e. The van der Waals surface area contributed by atoms with Crippen LogP contribution in [0, 0.1) is 0 Å². The van der Waals surface area contributed by atoms with Gasteiger partial charge in [-0.05, 0) is 6.07 Å². The van der Waals surface area contributed by atoms with Crippen LogP contribution < -0.4 is 11.1 Å². The van der Waals surface area contributed by atoms with Gasteiger partial charge >= 0.3 is 0 Å². The summed E-state index contributed by atoms with van der Waals surface area (Å²) >= 11 is 1.35. The maximum atomic E-state index is 12.4. The van der Waals surface area contributed by atoms with Crippen LogP contribution in [0.3, 0.4) is 0 Å². The molecule has 1 fully saturated rings. The average molecular weight is 494 g/mol. The Labute approximate surface area is 204 Å². The molecule has 1 atom stereocenters. The van der Waals surface area contributed by atoms with Crippen molar-refractivity contribution in [2.24, 2.45) is 12.8 Å². The molecule has 4 heterocycles. The van der Waals surface area contributed by atoms with E-state index in [2.05, 4.69) is 20.6 Å². The molecule has 0 aliphatic carbocycles. The lowest BCUT2D eigenvalue weighted by Crippen LogP contribution is -2.35. The summed E-state index contributed by atoms with van der Waals surface area (Å²) in [5, 5.41) is 23.0. The van der Waals surface area contributed by atoms with Gasteiger partial charge in [-0.15, -0.1) is 11.3 Å². The molecule has 4 N–H and O–H groups in total. The molecule has 0 saturated carbocycles. The first-order valence-electron chi connectivity index (χ1n) is 10.8. The molecule has 3 aromatic heterocycles. The zero-order chi connectivity index (χ0) is 24.7. The zero-order valence-corrected chi connectivity index (χ0v) is 19.9. The molecule has 1 aromatic carbocycles. The number of hydrogen-bond donors (Lipinski definition) is 3. The van der Waals surface area contributed by atoms with Crippen LogP contribution in [0.25, 0.3) is 21.8 Å². The summed E-state index contributed by atoms with van der Waals surface area (Å²) in [6.07, 6.45) is 2.05. The van der Waals surface area contributed by atoms with E-state index in [0.717, 1.165) is 5.56 Å². The topological polar surface area (TPSA) is 152 Å². The number of carbonyl (C=O) groups is 2. The molecular formula is C23H23N7O4S. The summed E-state index contributed by atoms with van der Waals surface area (Å²) in [7, 11) is 3.45. The number of hydrogen-bond acceptors (Lipinski definition) is 9. The van der Waals surface area contributed by atoms with Crippen molar-refractivity contribution in [2.75, 3.05) is 18.9 Å². The molecule has 1 saturated heterocycles.